The van der Waals surface area contributed by atoms with E-state index in [-0.39, 0.29) is 41.7 Å². The SMILES string of the molecule is CN=C(NCc1cc(F)ccc1CS(C)(=O)=O)NCC(C)(C)c1cccc(Cl)c1.I. The molecule has 0 aromatic heterocycles. The molecule has 30 heavy (non-hydrogen) atoms. The van der Waals surface area contributed by atoms with Gasteiger partial charge in [-0.3, -0.25) is 4.99 Å². The lowest BCUT2D eigenvalue weighted by atomic mass is 9.84. The van der Waals surface area contributed by atoms with Crippen molar-refractivity contribution < 1.29 is 12.8 Å². The number of hydrogen-bond acceptors (Lipinski definition) is 3. The van der Waals surface area contributed by atoms with E-state index in [4.69, 9.17) is 11.6 Å². The maximum absolute atomic E-state index is 13.7. The number of sulfone groups is 1. The molecule has 0 fully saturated rings. The van der Waals surface area contributed by atoms with Crippen molar-refractivity contribution in [1.29, 1.82) is 0 Å². The van der Waals surface area contributed by atoms with Gasteiger partial charge in [0.15, 0.2) is 15.8 Å². The molecule has 0 aliphatic carbocycles. The molecular weight excluding hydrogens is 540 g/mol. The van der Waals surface area contributed by atoms with Crippen molar-refractivity contribution in [3.05, 3.63) is 70.0 Å². The first-order valence-corrected chi connectivity index (χ1v) is 11.6. The lowest BCUT2D eigenvalue weighted by Gasteiger charge is -2.27. The lowest BCUT2D eigenvalue weighted by Crippen LogP contribution is -2.43. The minimum absolute atomic E-state index is 0. The zero-order valence-corrected chi connectivity index (χ0v) is 21.4. The van der Waals surface area contributed by atoms with Crippen LogP contribution in [0.25, 0.3) is 0 Å². The monoisotopic (exact) mass is 567 g/mol. The van der Waals surface area contributed by atoms with Gasteiger partial charge in [-0.25, -0.2) is 12.8 Å². The average molecular weight is 568 g/mol. The third-order valence-corrected chi connectivity index (χ3v) is 5.63. The molecule has 5 nitrogen and oxygen atoms in total. The minimum atomic E-state index is -3.23. The standard InChI is InChI=1S/C21H27ClFN3O2S.HI/c1-21(2,17-6-5-7-18(22)11-17)14-26-20(24-3)25-12-16-10-19(23)9-8-15(16)13-29(4,27)28;/h5-11H,12-14H2,1-4H3,(H2,24,25,26);1H. The normalized spacial score (nSPS) is 12.3. The number of guanidine groups is 1. The van der Waals surface area contributed by atoms with Crippen LogP contribution in [0.3, 0.4) is 0 Å². The quantitative estimate of drug-likeness (QED) is 0.298. The minimum Gasteiger partial charge on any atom is -0.356 e. The van der Waals surface area contributed by atoms with Crippen LogP contribution in [0.1, 0.15) is 30.5 Å². The van der Waals surface area contributed by atoms with E-state index in [1.165, 1.54) is 18.2 Å². The van der Waals surface area contributed by atoms with Crippen molar-refractivity contribution in [3.63, 3.8) is 0 Å². The van der Waals surface area contributed by atoms with Crippen LogP contribution < -0.4 is 10.6 Å². The number of nitrogens with zero attached hydrogens (tertiary/aromatic N) is 1. The maximum Gasteiger partial charge on any atom is 0.191 e. The van der Waals surface area contributed by atoms with Gasteiger partial charge in [-0.05, 0) is 41.0 Å². The van der Waals surface area contributed by atoms with Crippen LogP contribution in [0.2, 0.25) is 5.02 Å². The van der Waals surface area contributed by atoms with E-state index in [0.29, 0.717) is 28.7 Å². The summed E-state index contributed by atoms with van der Waals surface area (Å²) in [5.74, 6) is -0.0169. The van der Waals surface area contributed by atoms with Gasteiger partial charge in [0.05, 0.1) is 5.75 Å². The zero-order chi connectivity index (χ0) is 21.7. The van der Waals surface area contributed by atoms with Gasteiger partial charge in [0.25, 0.3) is 0 Å². The van der Waals surface area contributed by atoms with Crippen molar-refractivity contribution in [2.45, 2.75) is 31.6 Å². The molecule has 0 amide bonds. The summed E-state index contributed by atoms with van der Waals surface area (Å²) < 4.78 is 37.0. The fourth-order valence-electron chi connectivity index (χ4n) is 2.90. The molecule has 0 unspecified atom stereocenters. The maximum atomic E-state index is 13.7. The number of halogens is 3. The van der Waals surface area contributed by atoms with E-state index in [0.717, 1.165) is 11.8 Å². The molecule has 0 aliphatic rings. The molecule has 0 bridgehead atoms. The van der Waals surface area contributed by atoms with Crippen molar-refractivity contribution in [2.24, 2.45) is 4.99 Å². The predicted octanol–water partition coefficient (Wildman–Crippen LogP) is 4.28. The van der Waals surface area contributed by atoms with E-state index in [1.54, 1.807) is 7.05 Å². The molecule has 2 aromatic carbocycles. The summed E-state index contributed by atoms with van der Waals surface area (Å²) in [6.07, 6.45) is 1.16. The third kappa shape index (κ3) is 8.39. The molecule has 0 radical (unpaired) electrons. The first-order valence-electron chi connectivity index (χ1n) is 9.16. The van der Waals surface area contributed by atoms with Gasteiger partial charge in [-0.2, -0.15) is 0 Å². The van der Waals surface area contributed by atoms with Gasteiger partial charge in [0, 0.05) is 36.8 Å². The molecule has 0 atom stereocenters. The topological polar surface area (TPSA) is 70.6 Å². The van der Waals surface area contributed by atoms with Crippen LogP contribution in [0.15, 0.2) is 47.5 Å². The van der Waals surface area contributed by atoms with E-state index >= 15 is 0 Å². The van der Waals surface area contributed by atoms with E-state index in [1.807, 2.05) is 24.3 Å². The fraction of sp³-hybridized carbons (Fsp3) is 0.381. The molecule has 166 valence electrons. The van der Waals surface area contributed by atoms with Gasteiger partial charge >= 0.3 is 0 Å². The highest BCUT2D eigenvalue weighted by molar-refractivity contribution is 14.0. The number of benzene rings is 2. The van der Waals surface area contributed by atoms with Crippen LogP contribution >= 0.6 is 35.6 Å². The molecule has 0 aliphatic heterocycles. The summed E-state index contributed by atoms with van der Waals surface area (Å²) >= 11 is 6.10. The Morgan fingerprint density at radius 3 is 2.43 bits per heavy atom. The number of hydrogen-bond donors (Lipinski definition) is 2. The number of rotatable bonds is 7. The van der Waals surface area contributed by atoms with Crippen molar-refractivity contribution in [3.8, 4) is 0 Å². The molecule has 9 heteroatoms. The number of aliphatic imine (C=N–C) groups is 1. The third-order valence-electron chi connectivity index (χ3n) is 4.56. The van der Waals surface area contributed by atoms with Crippen LogP contribution in [0.4, 0.5) is 4.39 Å². The Bertz CT molecular complexity index is 997. The van der Waals surface area contributed by atoms with E-state index in [9.17, 15) is 12.8 Å². The van der Waals surface area contributed by atoms with E-state index < -0.39 is 15.7 Å². The Morgan fingerprint density at radius 1 is 1.13 bits per heavy atom. The van der Waals surface area contributed by atoms with Gasteiger partial charge in [0.1, 0.15) is 5.82 Å². The van der Waals surface area contributed by atoms with Crippen molar-refractivity contribution >= 4 is 51.4 Å². The Kier molecular flexibility index (Phi) is 10.0. The van der Waals surface area contributed by atoms with Gasteiger partial charge in [-0.15, -0.1) is 24.0 Å². The molecule has 0 spiro atoms. The highest BCUT2D eigenvalue weighted by Crippen LogP contribution is 2.24. The molecule has 2 rings (SSSR count). The summed E-state index contributed by atoms with van der Waals surface area (Å²) in [6, 6.07) is 11.8. The molecule has 0 saturated carbocycles. The Morgan fingerprint density at radius 2 is 1.83 bits per heavy atom. The van der Waals surface area contributed by atoms with Crippen molar-refractivity contribution in [1.82, 2.24) is 10.6 Å². The summed E-state index contributed by atoms with van der Waals surface area (Å²) in [7, 11) is -1.58. The first-order chi connectivity index (χ1) is 13.5. The predicted molar refractivity (Wildman–Crippen MR) is 133 cm³/mol. The Hall–Kier alpha value is -1.39. The highest BCUT2D eigenvalue weighted by atomic mass is 127. The van der Waals surface area contributed by atoms with Crippen LogP contribution in [0, 0.1) is 5.82 Å². The first kappa shape index (κ1) is 26.6. The van der Waals surface area contributed by atoms with Crippen LogP contribution in [0.5, 0.6) is 0 Å². The second-order valence-corrected chi connectivity index (χ2v) is 10.2. The van der Waals surface area contributed by atoms with Gasteiger partial charge in [-0.1, -0.05) is 43.6 Å². The Balaban J connectivity index is 0.00000450. The van der Waals surface area contributed by atoms with Crippen LogP contribution in [-0.2, 0) is 27.5 Å². The zero-order valence-electron chi connectivity index (χ0n) is 17.5. The van der Waals surface area contributed by atoms with Gasteiger partial charge in [0.2, 0.25) is 0 Å². The van der Waals surface area contributed by atoms with Crippen molar-refractivity contribution in [2.75, 3.05) is 19.8 Å². The van der Waals surface area contributed by atoms with E-state index in [2.05, 4.69) is 29.5 Å². The molecule has 2 aromatic rings. The molecule has 0 saturated heterocycles. The fourth-order valence-corrected chi connectivity index (χ4v) is 3.93. The largest absolute Gasteiger partial charge is 0.356 e. The Labute approximate surface area is 200 Å². The summed E-state index contributed by atoms with van der Waals surface area (Å²) in [5.41, 5.74) is 2.03. The second-order valence-electron chi connectivity index (χ2n) is 7.66. The summed E-state index contributed by atoms with van der Waals surface area (Å²) in [4.78, 5) is 4.20. The van der Waals surface area contributed by atoms with Gasteiger partial charge < -0.3 is 10.6 Å². The second kappa shape index (κ2) is 11.3. The highest BCUT2D eigenvalue weighted by Gasteiger charge is 2.21. The molecule has 0 heterocycles. The number of nitrogens with one attached hydrogen (secondary N) is 2. The average Bonchev–Trinajstić information content (AvgIpc) is 2.63. The summed E-state index contributed by atoms with van der Waals surface area (Å²) in [5, 5.41) is 7.07. The summed E-state index contributed by atoms with van der Waals surface area (Å²) in [6.45, 7) is 5.03. The lowest BCUT2D eigenvalue weighted by molar-refractivity contribution is 0.508. The van der Waals surface area contributed by atoms with Crippen LogP contribution in [-0.4, -0.2) is 34.2 Å². The molecular formula is C21H28ClFIN3O2S. The molecule has 2 N–H and O–H groups in total. The smallest absolute Gasteiger partial charge is 0.191 e.